The van der Waals surface area contributed by atoms with Crippen molar-refractivity contribution < 1.29 is 9.18 Å². The van der Waals surface area contributed by atoms with Crippen molar-refractivity contribution in [3.05, 3.63) is 60.0 Å². The summed E-state index contributed by atoms with van der Waals surface area (Å²) in [7, 11) is 0. The summed E-state index contributed by atoms with van der Waals surface area (Å²) in [5, 5.41) is 9.73. The molecule has 0 aliphatic carbocycles. The van der Waals surface area contributed by atoms with Crippen LogP contribution in [0.1, 0.15) is 23.3 Å². The van der Waals surface area contributed by atoms with E-state index in [9.17, 15) is 9.18 Å². The maximum absolute atomic E-state index is 13.5. The zero-order valence-corrected chi connectivity index (χ0v) is 19.1. The number of fused-ring (bicyclic) bond motifs is 2. The molecule has 176 valence electrons. The molecule has 2 N–H and O–H groups in total. The number of carbonyl (C=O) groups is 1. The van der Waals surface area contributed by atoms with Crippen LogP contribution in [0.4, 0.5) is 10.2 Å². The Morgan fingerprint density at radius 1 is 1.03 bits per heavy atom. The van der Waals surface area contributed by atoms with Gasteiger partial charge in [-0.3, -0.25) is 14.8 Å². The molecule has 0 radical (unpaired) electrons. The first-order chi connectivity index (χ1) is 16.6. The predicted octanol–water partition coefficient (Wildman–Crippen LogP) is 3.86. The second-order valence-electron chi connectivity index (χ2n) is 9.55. The van der Waals surface area contributed by atoms with Crippen molar-refractivity contribution in [1.29, 1.82) is 0 Å². The third-order valence-corrected chi connectivity index (χ3v) is 7.26. The molecule has 7 nitrogen and oxygen atoms in total. The number of anilines is 1. The number of rotatable bonds is 4. The van der Waals surface area contributed by atoms with Crippen molar-refractivity contribution in [1.82, 2.24) is 25.0 Å². The van der Waals surface area contributed by atoms with Crippen LogP contribution in [0.2, 0.25) is 0 Å². The molecule has 4 aromatic rings. The van der Waals surface area contributed by atoms with Gasteiger partial charge in [0.1, 0.15) is 11.5 Å². The molecule has 6 rings (SSSR count). The molecule has 1 amide bonds. The summed E-state index contributed by atoms with van der Waals surface area (Å²) < 4.78 is 13.5. The molecule has 1 atom stereocenters. The number of piperazine rings is 1. The van der Waals surface area contributed by atoms with Gasteiger partial charge in [-0.15, -0.1) is 0 Å². The number of H-pyrrole nitrogens is 2. The average Bonchev–Trinajstić information content (AvgIpc) is 3.48. The van der Waals surface area contributed by atoms with Crippen LogP contribution in [-0.2, 0) is 0 Å². The largest absolute Gasteiger partial charge is 0.352 e. The summed E-state index contributed by atoms with van der Waals surface area (Å²) in [5.41, 5.74) is 2.28. The Balaban J connectivity index is 1.06. The lowest BCUT2D eigenvalue weighted by molar-refractivity contribution is 0.0632. The molecule has 2 aromatic carbocycles. The maximum atomic E-state index is 13.5. The highest BCUT2D eigenvalue weighted by atomic mass is 19.1. The Kier molecular flexibility index (Phi) is 5.45. The lowest BCUT2D eigenvalue weighted by atomic mass is 9.96. The third-order valence-electron chi connectivity index (χ3n) is 7.26. The topological polar surface area (TPSA) is 71.3 Å². The van der Waals surface area contributed by atoms with Crippen molar-refractivity contribution >= 4 is 33.5 Å². The second kappa shape index (κ2) is 8.76. The first-order valence-electron chi connectivity index (χ1n) is 12.1. The van der Waals surface area contributed by atoms with E-state index >= 15 is 0 Å². The van der Waals surface area contributed by atoms with E-state index in [1.165, 1.54) is 17.5 Å². The Morgan fingerprint density at radius 3 is 2.76 bits per heavy atom. The molecular formula is C26H29FN6O. The monoisotopic (exact) mass is 460 g/mol. The number of hydrogen-bond donors (Lipinski definition) is 2. The fourth-order valence-electron chi connectivity index (χ4n) is 5.48. The van der Waals surface area contributed by atoms with Gasteiger partial charge in [-0.2, -0.15) is 5.10 Å². The van der Waals surface area contributed by atoms with Crippen molar-refractivity contribution in [3.8, 4) is 0 Å². The summed E-state index contributed by atoms with van der Waals surface area (Å²) in [5.74, 6) is 1.23. The number of para-hydroxylation sites is 1. The minimum atomic E-state index is -0.299. The molecule has 34 heavy (non-hydrogen) atoms. The lowest BCUT2D eigenvalue weighted by Gasteiger charge is -2.39. The number of likely N-dealkylation sites (tertiary alicyclic amines) is 1. The van der Waals surface area contributed by atoms with Crippen LogP contribution in [0.15, 0.2) is 48.5 Å². The Morgan fingerprint density at radius 2 is 1.88 bits per heavy atom. The molecular weight excluding hydrogens is 431 g/mol. The number of benzene rings is 2. The molecule has 8 heteroatoms. The van der Waals surface area contributed by atoms with E-state index in [4.69, 9.17) is 0 Å². The van der Waals surface area contributed by atoms with E-state index in [0.29, 0.717) is 17.1 Å². The van der Waals surface area contributed by atoms with Gasteiger partial charge >= 0.3 is 0 Å². The van der Waals surface area contributed by atoms with Gasteiger partial charge in [0.15, 0.2) is 5.82 Å². The summed E-state index contributed by atoms with van der Waals surface area (Å²) in [6.07, 6.45) is 2.16. The first-order valence-corrected chi connectivity index (χ1v) is 12.1. The quantitative estimate of drug-likeness (QED) is 0.485. The van der Waals surface area contributed by atoms with Crippen LogP contribution < -0.4 is 4.90 Å². The van der Waals surface area contributed by atoms with E-state index in [1.54, 1.807) is 6.07 Å². The normalized spacial score (nSPS) is 19.9. The van der Waals surface area contributed by atoms with Gasteiger partial charge in [-0.05, 0) is 55.2 Å². The molecule has 2 aromatic heterocycles. The summed E-state index contributed by atoms with van der Waals surface area (Å²) in [6.45, 7) is 6.47. The fourth-order valence-corrected chi connectivity index (χ4v) is 5.48. The first kappa shape index (κ1) is 21.2. The zero-order chi connectivity index (χ0) is 23.1. The van der Waals surface area contributed by atoms with Crippen molar-refractivity contribution in [2.24, 2.45) is 5.92 Å². The second-order valence-corrected chi connectivity index (χ2v) is 9.55. The minimum Gasteiger partial charge on any atom is -0.352 e. The van der Waals surface area contributed by atoms with Gasteiger partial charge in [0.05, 0.1) is 5.52 Å². The Bertz CT molecular complexity index is 1320. The standard InChI is InChI=1S/C26H29FN6O/c27-20-8-7-19-14-24(28-23(19)15-20)26(34)33-9-3-4-18(17-33)16-31-10-12-32(13-11-31)25-21-5-1-2-6-22(21)29-30-25/h1-2,5-8,14-15,18,28H,3-4,9-13,16-17H2,(H,29,30). The maximum Gasteiger partial charge on any atom is 0.270 e. The van der Waals surface area contributed by atoms with Gasteiger partial charge in [0.2, 0.25) is 0 Å². The van der Waals surface area contributed by atoms with Crippen molar-refractivity contribution in [2.75, 3.05) is 50.7 Å². The zero-order valence-electron chi connectivity index (χ0n) is 19.1. The van der Waals surface area contributed by atoms with Crippen molar-refractivity contribution in [3.63, 3.8) is 0 Å². The number of amides is 1. The Labute approximate surface area is 197 Å². The number of hydrogen-bond acceptors (Lipinski definition) is 4. The smallest absolute Gasteiger partial charge is 0.270 e. The van der Waals surface area contributed by atoms with Gasteiger partial charge in [-0.1, -0.05) is 12.1 Å². The van der Waals surface area contributed by atoms with Gasteiger partial charge in [0, 0.05) is 62.1 Å². The molecule has 1 unspecified atom stereocenters. The van der Waals surface area contributed by atoms with Gasteiger partial charge in [-0.25, -0.2) is 4.39 Å². The van der Waals surface area contributed by atoms with Crippen LogP contribution in [0, 0.1) is 11.7 Å². The molecule has 2 fully saturated rings. The van der Waals surface area contributed by atoms with E-state index in [1.807, 2.05) is 17.0 Å². The van der Waals surface area contributed by atoms with E-state index in [2.05, 4.69) is 43.2 Å². The number of carbonyl (C=O) groups excluding carboxylic acids is 1. The van der Waals surface area contributed by atoms with E-state index < -0.39 is 0 Å². The number of nitrogens with one attached hydrogen (secondary N) is 2. The molecule has 4 heterocycles. The SMILES string of the molecule is O=C(c1cc2ccc(F)cc2[nH]1)N1CCCC(CN2CCN(c3n[nH]c4ccccc34)CC2)C1. The van der Waals surface area contributed by atoms with E-state index in [0.717, 1.165) is 75.4 Å². The molecule has 0 bridgehead atoms. The van der Waals surface area contributed by atoms with Crippen LogP contribution in [-0.4, -0.2) is 76.7 Å². The average molecular weight is 461 g/mol. The van der Waals surface area contributed by atoms with E-state index in [-0.39, 0.29) is 11.7 Å². The molecule has 2 saturated heterocycles. The van der Waals surface area contributed by atoms with Crippen molar-refractivity contribution in [2.45, 2.75) is 12.8 Å². The molecule has 0 saturated carbocycles. The highest BCUT2D eigenvalue weighted by Gasteiger charge is 2.28. The van der Waals surface area contributed by atoms with Crippen LogP contribution in [0.3, 0.4) is 0 Å². The Hall–Kier alpha value is -3.39. The van der Waals surface area contributed by atoms with Gasteiger partial charge < -0.3 is 14.8 Å². The molecule has 0 spiro atoms. The number of piperidine rings is 1. The molecule has 2 aliphatic heterocycles. The predicted molar refractivity (Wildman–Crippen MR) is 132 cm³/mol. The highest BCUT2D eigenvalue weighted by molar-refractivity contribution is 5.98. The lowest BCUT2D eigenvalue weighted by Crippen LogP contribution is -2.50. The van der Waals surface area contributed by atoms with Crippen LogP contribution in [0.5, 0.6) is 0 Å². The number of aromatic amines is 2. The number of halogens is 1. The minimum absolute atomic E-state index is 0.0107. The van der Waals surface area contributed by atoms with Gasteiger partial charge in [0.25, 0.3) is 5.91 Å². The number of nitrogens with zero attached hydrogens (tertiary/aromatic N) is 4. The highest BCUT2D eigenvalue weighted by Crippen LogP contribution is 2.26. The third kappa shape index (κ3) is 4.03. The molecule has 2 aliphatic rings. The summed E-state index contributed by atoms with van der Waals surface area (Å²) in [4.78, 5) is 23.1. The fraction of sp³-hybridized carbons (Fsp3) is 0.385. The van der Waals surface area contributed by atoms with Crippen LogP contribution >= 0.6 is 0 Å². The number of aromatic nitrogens is 3. The van der Waals surface area contributed by atoms with Crippen LogP contribution in [0.25, 0.3) is 21.8 Å². The summed E-state index contributed by atoms with van der Waals surface area (Å²) >= 11 is 0. The summed E-state index contributed by atoms with van der Waals surface area (Å²) in [6, 6.07) is 14.7.